The van der Waals surface area contributed by atoms with Crippen molar-refractivity contribution in [2.24, 2.45) is 23.2 Å². The van der Waals surface area contributed by atoms with Crippen LogP contribution in [0.3, 0.4) is 0 Å². The van der Waals surface area contributed by atoms with Crippen LogP contribution in [0.15, 0.2) is 11.6 Å². The van der Waals surface area contributed by atoms with E-state index >= 15 is 0 Å². The van der Waals surface area contributed by atoms with E-state index in [1.165, 1.54) is 0 Å². The highest BCUT2D eigenvalue weighted by Crippen LogP contribution is 2.68. The summed E-state index contributed by atoms with van der Waals surface area (Å²) in [5.41, 5.74) is -3.29. The maximum Gasteiger partial charge on any atom is 0.331 e. The van der Waals surface area contributed by atoms with Crippen molar-refractivity contribution in [3.05, 3.63) is 11.6 Å². The van der Waals surface area contributed by atoms with Gasteiger partial charge in [0.25, 0.3) is 0 Å². The Bertz CT molecular complexity index is 1000. The van der Waals surface area contributed by atoms with E-state index in [1.807, 2.05) is 0 Å². The first-order chi connectivity index (χ1) is 17.8. The molecule has 4 aliphatic carbocycles. The molecule has 13 atom stereocenters. The molecule has 2 aliphatic heterocycles. The molecule has 0 bridgehead atoms. The SMILES string of the molecule is C[C@@H]1O[C@H](O[C@@H]2CC[C@@]3(O)[C@@H]4CC[C@]5(C)[C@@H](C6=CC(=O)OC6)CC[C@]5(O)[C@H]4CC[C@]3(O)C2)[C@@H](O)[C@H](O)[C@H]1O. The molecule has 38 heavy (non-hydrogen) atoms. The van der Waals surface area contributed by atoms with Gasteiger partial charge in [0, 0.05) is 17.9 Å². The molecule has 6 aliphatic rings. The van der Waals surface area contributed by atoms with E-state index in [2.05, 4.69) is 6.92 Å². The largest absolute Gasteiger partial charge is 0.458 e. The van der Waals surface area contributed by atoms with Gasteiger partial charge in [-0.1, -0.05) is 6.92 Å². The van der Waals surface area contributed by atoms with Crippen molar-refractivity contribution in [2.45, 2.75) is 125 Å². The van der Waals surface area contributed by atoms with Crippen LogP contribution >= 0.6 is 0 Å². The zero-order valence-corrected chi connectivity index (χ0v) is 22.2. The van der Waals surface area contributed by atoms with Crippen LogP contribution in [0.4, 0.5) is 0 Å². The standard InChI is InChI=1S/C28H42O10/c1-14-21(30)22(31)23(32)24(37-14)38-16-3-9-28(35)19-4-7-25(2)17(15-11-20(29)36-13-15)6-10-27(25,34)18(19)5-8-26(28,33)12-16/h11,14,16-19,21-24,30-35H,3-10,12-13H2,1-2H3/t14-,16+,17+,18-,19+,21-,22+,23-,24+,25+,26-,27-,28+/m0/s1. The van der Waals surface area contributed by atoms with Crippen LogP contribution in [-0.2, 0) is 19.0 Å². The number of ether oxygens (including phenoxy) is 3. The summed E-state index contributed by atoms with van der Waals surface area (Å²) >= 11 is 0. The molecular weight excluding hydrogens is 496 g/mol. The van der Waals surface area contributed by atoms with Gasteiger partial charge in [-0.2, -0.15) is 0 Å². The Morgan fingerprint density at radius 1 is 0.895 bits per heavy atom. The monoisotopic (exact) mass is 538 g/mol. The predicted octanol–water partition coefficient (Wildman–Crippen LogP) is 0.296. The van der Waals surface area contributed by atoms with Crippen LogP contribution in [-0.4, -0.2) is 96.8 Å². The third-order valence-corrected chi connectivity index (χ3v) is 11.6. The molecule has 0 aromatic carbocycles. The van der Waals surface area contributed by atoms with E-state index in [9.17, 15) is 35.4 Å². The van der Waals surface area contributed by atoms with Crippen LogP contribution in [0.5, 0.6) is 0 Å². The van der Waals surface area contributed by atoms with E-state index in [0.717, 1.165) is 12.0 Å². The van der Waals surface area contributed by atoms with Gasteiger partial charge in [0.1, 0.15) is 24.9 Å². The van der Waals surface area contributed by atoms with E-state index in [-0.39, 0.29) is 43.2 Å². The summed E-state index contributed by atoms with van der Waals surface area (Å²) in [6, 6.07) is 0. The van der Waals surface area contributed by atoms with Crippen molar-refractivity contribution in [2.75, 3.05) is 6.61 Å². The Hall–Kier alpha value is -1.11. The van der Waals surface area contributed by atoms with E-state index in [4.69, 9.17) is 14.2 Å². The highest BCUT2D eigenvalue weighted by Gasteiger charge is 2.71. The molecule has 2 heterocycles. The number of cyclic esters (lactones) is 1. The van der Waals surface area contributed by atoms with Gasteiger partial charge in [0.05, 0.1) is 29.0 Å². The van der Waals surface area contributed by atoms with Crippen molar-refractivity contribution in [3.8, 4) is 0 Å². The first-order valence-electron chi connectivity index (χ1n) is 14.2. The summed E-state index contributed by atoms with van der Waals surface area (Å²) in [5, 5.41) is 66.8. The first kappa shape index (κ1) is 27.1. The Kier molecular flexibility index (Phi) is 6.37. The zero-order valence-electron chi connectivity index (χ0n) is 22.2. The highest BCUT2D eigenvalue weighted by atomic mass is 16.7. The van der Waals surface area contributed by atoms with Gasteiger partial charge in [-0.05, 0) is 81.6 Å². The van der Waals surface area contributed by atoms with Crippen molar-refractivity contribution in [1.82, 2.24) is 0 Å². The number of carbonyl (C=O) groups excluding carboxylic acids is 1. The van der Waals surface area contributed by atoms with Crippen molar-refractivity contribution in [3.63, 3.8) is 0 Å². The van der Waals surface area contributed by atoms with Crippen molar-refractivity contribution in [1.29, 1.82) is 0 Å². The molecule has 5 fully saturated rings. The number of rotatable bonds is 3. The Labute approximate surface area is 222 Å². The van der Waals surface area contributed by atoms with Gasteiger partial charge in [0.2, 0.25) is 0 Å². The number of aliphatic hydroxyl groups excluding tert-OH is 3. The van der Waals surface area contributed by atoms with Crippen LogP contribution in [0.1, 0.15) is 71.6 Å². The van der Waals surface area contributed by atoms with Crippen LogP contribution < -0.4 is 0 Å². The molecule has 6 N–H and O–H groups in total. The lowest BCUT2D eigenvalue weighted by atomic mass is 9.45. The molecule has 0 aromatic rings. The first-order valence-corrected chi connectivity index (χ1v) is 14.2. The molecule has 0 radical (unpaired) electrons. The fourth-order valence-corrected chi connectivity index (χ4v) is 9.40. The third kappa shape index (κ3) is 3.64. The Balaban J connectivity index is 1.19. The molecule has 10 nitrogen and oxygen atoms in total. The summed E-state index contributed by atoms with van der Waals surface area (Å²) < 4.78 is 16.8. The number of hydrogen-bond acceptors (Lipinski definition) is 10. The number of fused-ring (bicyclic) bond motifs is 5. The maximum atomic E-state index is 12.3. The molecule has 4 saturated carbocycles. The second kappa shape index (κ2) is 8.94. The summed E-state index contributed by atoms with van der Waals surface area (Å²) in [6.07, 6.45) is -0.436. The molecule has 0 unspecified atom stereocenters. The number of carbonyl (C=O) groups is 1. The molecular formula is C28H42O10. The Morgan fingerprint density at radius 2 is 1.58 bits per heavy atom. The topological polar surface area (TPSA) is 166 Å². The minimum absolute atomic E-state index is 0.0534. The zero-order chi connectivity index (χ0) is 27.3. The lowest BCUT2D eigenvalue weighted by molar-refractivity contribution is -0.327. The lowest BCUT2D eigenvalue weighted by Crippen LogP contribution is -2.72. The molecule has 0 amide bonds. The second-order valence-electron chi connectivity index (χ2n) is 13.2. The average Bonchev–Trinajstić information content (AvgIpc) is 3.41. The third-order valence-electron chi connectivity index (χ3n) is 11.6. The molecule has 214 valence electrons. The molecule has 1 saturated heterocycles. The summed E-state index contributed by atoms with van der Waals surface area (Å²) in [6.45, 7) is 3.98. The van der Waals surface area contributed by atoms with Gasteiger partial charge in [-0.3, -0.25) is 0 Å². The van der Waals surface area contributed by atoms with Crippen molar-refractivity contribution >= 4 is 5.97 Å². The molecule has 6 rings (SSSR count). The van der Waals surface area contributed by atoms with Gasteiger partial charge < -0.3 is 44.8 Å². The smallest absolute Gasteiger partial charge is 0.331 e. The van der Waals surface area contributed by atoms with Gasteiger partial charge in [0.15, 0.2) is 6.29 Å². The summed E-state index contributed by atoms with van der Waals surface area (Å²) in [7, 11) is 0. The average molecular weight is 539 g/mol. The van der Waals surface area contributed by atoms with E-state index in [0.29, 0.717) is 38.5 Å². The lowest BCUT2D eigenvalue weighted by Gasteiger charge is -2.65. The predicted molar refractivity (Wildman–Crippen MR) is 131 cm³/mol. The van der Waals surface area contributed by atoms with E-state index < -0.39 is 59.0 Å². The normalized spacial score (nSPS) is 56.5. The molecule has 10 heteroatoms. The fourth-order valence-electron chi connectivity index (χ4n) is 9.40. The van der Waals surface area contributed by atoms with Crippen LogP contribution in [0.25, 0.3) is 0 Å². The maximum absolute atomic E-state index is 12.3. The quantitative estimate of drug-likeness (QED) is 0.217. The second-order valence-corrected chi connectivity index (χ2v) is 13.2. The minimum atomic E-state index is -1.43. The summed E-state index contributed by atoms with van der Waals surface area (Å²) in [5.74, 6) is -0.718. The summed E-state index contributed by atoms with van der Waals surface area (Å²) in [4.78, 5) is 11.8. The van der Waals surface area contributed by atoms with Gasteiger partial charge in [-0.25, -0.2) is 4.79 Å². The van der Waals surface area contributed by atoms with Crippen LogP contribution in [0.2, 0.25) is 0 Å². The van der Waals surface area contributed by atoms with E-state index in [1.54, 1.807) is 13.0 Å². The number of hydrogen-bond donors (Lipinski definition) is 6. The molecule has 0 spiro atoms. The van der Waals surface area contributed by atoms with Gasteiger partial charge in [-0.15, -0.1) is 0 Å². The molecule has 0 aromatic heterocycles. The van der Waals surface area contributed by atoms with Crippen LogP contribution in [0, 0.1) is 23.2 Å². The number of aliphatic hydroxyl groups is 6. The Morgan fingerprint density at radius 3 is 2.29 bits per heavy atom. The number of esters is 1. The highest BCUT2D eigenvalue weighted by molar-refractivity contribution is 5.85. The fraction of sp³-hybridized carbons (Fsp3) is 0.893. The van der Waals surface area contributed by atoms with Gasteiger partial charge >= 0.3 is 5.97 Å². The minimum Gasteiger partial charge on any atom is -0.458 e. The van der Waals surface area contributed by atoms with Crippen molar-refractivity contribution < 1.29 is 49.6 Å².